The summed E-state index contributed by atoms with van der Waals surface area (Å²) in [4.78, 5) is 27.0. The van der Waals surface area contributed by atoms with E-state index in [2.05, 4.69) is 9.98 Å². The Bertz CT molecular complexity index is 458. The molecule has 0 bridgehead atoms. The van der Waals surface area contributed by atoms with Crippen LogP contribution in [0, 0.1) is 6.92 Å². The molecule has 5 heteroatoms. The lowest BCUT2D eigenvalue weighted by Gasteiger charge is -2.02. The number of aliphatic imine (C=N–C) groups is 2. The van der Waals surface area contributed by atoms with Crippen molar-refractivity contribution in [3.63, 3.8) is 0 Å². The van der Waals surface area contributed by atoms with Gasteiger partial charge in [-0.25, -0.2) is 9.59 Å². The molecule has 0 radical (unpaired) electrons. The molecular weight excluding hydrogens is 204 g/mol. The van der Waals surface area contributed by atoms with Crippen molar-refractivity contribution in [3.05, 3.63) is 22.7 Å². The molecule has 0 aliphatic rings. The molecule has 0 amide bonds. The third kappa shape index (κ3) is 1.95. The molecule has 0 aliphatic carbocycles. The fraction of sp³-hybridized carbons (Fsp3) is 0.111. The summed E-state index contributed by atoms with van der Waals surface area (Å²) < 4.78 is 0. The summed E-state index contributed by atoms with van der Waals surface area (Å²) in [5.74, 6) is 0. The first kappa shape index (κ1) is 10.4. The summed E-state index contributed by atoms with van der Waals surface area (Å²) in [6, 6.07) is 3.05. The van der Waals surface area contributed by atoms with Crippen molar-refractivity contribution >= 4 is 35.1 Å². The van der Waals surface area contributed by atoms with Gasteiger partial charge >= 0.3 is 0 Å². The lowest BCUT2D eigenvalue weighted by molar-refractivity contribution is 0.565. The molecule has 0 atom stereocenters. The Morgan fingerprint density at radius 3 is 2.43 bits per heavy atom. The van der Waals surface area contributed by atoms with Crippen LogP contribution in [0.3, 0.4) is 0 Å². The van der Waals surface area contributed by atoms with E-state index in [0.717, 1.165) is 0 Å². The summed E-state index contributed by atoms with van der Waals surface area (Å²) >= 11 is 5.77. The molecule has 0 saturated carbocycles. The normalized spacial score (nSPS) is 8.71. The molecular formula is C9H5ClN2O2. The molecule has 0 aromatic heterocycles. The largest absolute Gasteiger partial charge is 0.240 e. The number of rotatable bonds is 2. The van der Waals surface area contributed by atoms with E-state index >= 15 is 0 Å². The second-order valence-corrected chi connectivity index (χ2v) is 2.85. The first-order valence-corrected chi connectivity index (χ1v) is 4.03. The molecule has 1 aromatic carbocycles. The van der Waals surface area contributed by atoms with Crippen molar-refractivity contribution < 1.29 is 9.59 Å². The minimum atomic E-state index is 0.276. The average Bonchev–Trinajstić information content (AvgIpc) is 2.17. The van der Waals surface area contributed by atoms with Crippen LogP contribution in [-0.2, 0) is 9.59 Å². The Labute approximate surface area is 84.9 Å². The molecule has 0 N–H and O–H groups in total. The fourth-order valence-corrected chi connectivity index (χ4v) is 1.26. The second kappa shape index (κ2) is 4.49. The van der Waals surface area contributed by atoms with Crippen LogP contribution >= 0.6 is 11.6 Å². The van der Waals surface area contributed by atoms with Gasteiger partial charge in [0.1, 0.15) is 0 Å². The maximum atomic E-state index is 10.1. The molecule has 1 rings (SSSR count). The van der Waals surface area contributed by atoms with E-state index in [1.807, 2.05) is 0 Å². The Kier molecular flexibility index (Phi) is 3.32. The minimum absolute atomic E-state index is 0.276. The van der Waals surface area contributed by atoms with Crippen LogP contribution in [0.1, 0.15) is 5.56 Å². The highest BCUT2D eigenvalue weighted by molar-refractivity contribution is 6.33. The lowest BCUT2D eigenvalue weighted by atomic mass is 10.1. The number of nitrogens with zero attached hydrogens (tertiary/aromatic N) is 2. The first-order valence-electron chi connectivity index (χ1n) is 3.65. The zero-order valence-electron chi connectivity index (χ0n) is 7.24. The standard InChI is InChI=1S/C9H5ClN2O2/c1-6-8(11-4-13)3-2-7(10)9(6)12-5-14/h2-3H,1H3. The average molecular weight is 209 g/mol. The summed E-state index contributed by atoms with van der Waals surface area (Å²) in [5.41, 5.74) is 1.21. The first-order chi connectivity index (χ1) is 6.70. The third-order valence-electron chi connectivity index (χ3n) is 1.68. The SMILES string of the molecule is Cc1c(N=C=O)ccc(Cl)c1N=C=O. The number of hydrogen-bond acceptors (Lipinski definition) is 4. The highest BCUT2D eigenvalue weighted by Crippen LogP contribution is 2.34. The third-order valence-corrected chi connectivity index (χ3v) is 1.98. The van der Waals surface area contributed by atoms with Crippen LogP contribution in [0.15, 0.2) is 22.1 Å². The maximum absolute atomic E-state index is 10.1. The Morgan fingerprint density at radius 2 is 1.86 bits per heavy atom. The molecule has 0 saturated heterocycles. The Hall–Kier alpha value is -1.73. The van der Waals surface area contributed by atoms with Crippen molar-refractivity contribution in [2.24, 2.45) is 9.98 Å². The Balaban J connectivity index is 3.47. The number of benzene rings is 1. The van der Waals surface area contributed by atoms with Crippen LogP contribution in [0.4, 0.5) is 11.4 Å². The van der Waals surface area contributed by atoms with Gasteiger partial charge in [0, 0.05) is 5.56 Å². The van der Waals surface area contributed by atoms with Crippen LogP contribution in [-0.4, -0.2) is 12.2 Å². The molecule has 0 fully saturated rings. The summed E-state index contributed by atoms with van der Waals surface area (Å²) in [6.07, 6.45) is 2.79. The van der Waals surface area contributed by atoms with E-state index in [-0.39, 0.29) is 5.69 Å². The smallest absolute Gasteiger partial charge is 0.211 e. The molecule has 0 heterocycles. The number of carbonyl (C=O) groups excluding carboxylic acids is 2. The van der Waals surface area contributed by atoms with E-state index in [0.29, 0.717) is 16.3 Å². The van der Waals surface area contributed by atoms with Crippen molar-refractivity contribution in [1.82, 2.24) is 0 Å². The zero-order chi connectivity index (χ0) is 10.6. The maximum Gasteiger partial charge on any atom is 0.240 e. The molecule has 14 heavy (non-hydrogen) atoms. The molecule has 0 aliphatic heterocycles. The molecule has 0 unspecified atom stereocenters. The van der Waals surface area contributed by atoms with Gasteiger partial charge in [0.15, 0.2) is 0 Å². The summed E-state index contributed by atoms with van der Waals surface area (Å²) in [5, 5.41) is 0.315. The van der Waals surface area contributed by atoms with Gasteiger partial charge in [-0.1, -0.05) is 11.6 Å². The number of hydrogen-bond donors (Lipinski definition) is 0. The van der Waals surface area contributed by atoms with Crippen LogP contribution in [0.5, 0.6) is 0 Å². The monoisotopic (exact) mass is 208 g/mol. The molecule has 70 valence electrons. The van der Waals surface area contributed by atoms with Crippen LogP contribution in [0.25, 0.3) is 0 Å². The predicted octanol–water partition coefficient (Wildman–Crippen LogP) is 2.58. The van der Waals surface area contributed by atoms with Gasteiger partial charge in [-0.15, -0.1) is 0 Å². The van der Waals surface area contributed by atoms with Crippen LogP contribution in [0.2, 0.25) is 5.02 Å². The summed E-state index contributed by atoms with van der Waals surface area (Å²) in [6.45, 7) is 1.65. The van der Waals surface area contributed by atoms with Crippen molar-refractivity contribution in [1.29, 1.82) is 0 Å². The van der Waals surface area contributed by atoms with Crippen molar-refractivity contribution in [2.75, 3.05) is 0 Å². The van der Waals surface area contributed by atoms with Gasteiger partial charge in [0.25, 0.3) is 0 Å². The quantitative estimate of drug-likeness (QED) is 0.554. The minimum Gasteiger partial charge on any atom is -0.211 e. The molecule has 0 spiro atoms. The van der Waals surface area contributed by atoms with Gasteiger partial charge in [-0.05, 0) is 19.1 Å². The van der Waals surface area contributed by atoms with E-state index < -0.39 is 0 Å². The molecule has 4 nitrogen and oxygen atoms in total. The zero-order valence-corrected chi connectivity index (χ0v) is 8.00. The number of isocyanates is 2. The predicted molar refractivity (Wildman–Crippen MR) is 51.8 cm³/mol. The van der Waals surface area contributed by atoms with Gasteiger partial charge in [0.2, 0.25) is 12.2 Å². The van der Waals surface area contributed by atoms with E-state index in [1.54, 1.807) is 13.0 Å². The fourth-order valence-electron chi connectivity index (χ4n) is 1.01. The van der Waals surface area contributed by atoms with E-state index in [9.17, 15) is 9.59 Å². The highest BCUT2D eigenvalue weighted by atomic mass is 35.5. The highest BCUT2D eigenvalue weighted by Gasteiger charge is 2.07. The van der Waals surface area contributed by atoms with Crippen LogP contribution < -0.4 is 0 Å². The van der Waals surface area contributed by atoms with E-state index in [4.69, 9.17) is 11.6 Å². The van der Waals surface area contributed by atoms with Crippen molar-refractivity contribution in [2.45, 2.75) is 6.92 Å². The second-order valence-electron chi connectivity index (χ2n) is 2.45. The van der Waals surface area contributed by atoms with Gasteiger partial charge in [0.05, 0.1) is 16.4 Å². The van der Waals surface area contributed by atoms with Gasteiger partial charge in [-0.3, -0.25) is 0 Å². The summed E-state index contributed by atoms with van der Waals surface area (Å²) in [7, 11) is 0. The van der Waals surface area contributed by atoms with Gasteiger partial charge < -0.3 is 0 Å². The van der Waals surface area contributed by atoms with Gasteiger partial charge in [-0.2, -0.15) is 9.98 Å². The topological polar surface area (TPSA) is 58.9 Å². The molecule has 1 aromatic rings. The Morgan fingerprint density at radius 1 is 1.21 bits per heavy atom. The number of halogens is 1. The van der Waals surface area contributed by atoms with Crippen molar-refractivity contribution in [3.8, 4) is 0 Å². The van der Waals surface area contributed by atoms with E-state index in [1.165, 1.54) is 18.2 Å². The lowest BCUT2D eigenvalue weighted by Crippen LogP contribution is -1.78.